The van der Waals surface area contributed by atoms with Gasteiger partial charge < -0.3 is 9.15 Å². The van der Waals surface area contributed by atoms with Crippen molar-refractivity contribution in [2.24, 2.45) is 0 Å². The van der Waals surface area contributed by atoms with E-state index in [1.54, 1.807) is 30.2 Å². The van der Waals surface area contributed by atoms with Crippen molar-refractivity contribution in [3.05, 3.63) is 47.7 Å². The Morgan fingerprint density at radius 3 is 2.66 bits per heavy atom. The number of nitrogens with zero attached hydrogens (tertiary/aromatic N) is 5. The van der Waals surface area contributed by atoms with Crippen molar-refractivity contribution < 1.29 is 9.15 Å². The van der Waals surface area contributed by atoms with Gasteiger partial charge in [0.25, 0.3) is 0 Å². The van der Waals surface area contributed by atoms with Crippen LogP contribution in [-0.4, -0.2) is 32.1 Å². The lowest BCUT2D eigenvalue weighted by molar-refractivity contribution is 0.415. The molecule has 7 nitrogen and oxygen atoms in total. The summed E-state index contributed by atoms with van der Waals surface area (Å²) in [5, 5.41) is 20.3. The van der Waals surface area contributed by atoms with E-state index in [1.807, 2.05) is 37.3 Å². The maximum Gasteiger partial charge on any atom is 0.247 e. The van der Waals surface area contributed by atoms with Gasteiger partial charge in [-0.3, -0.25) is 4.57 Å². The molecule has 4 aromatic rings. The summed E-state index contributed by atoms with van der Waals surface area (Å²) in [5.41, 5.74) is 0.864. The number of aromatic nitrogens is 5. The van der Waals surface area contributed by atoms with Crippen molar-refractivity contribution in [2.75, 3.05) is 7.11 Å². The topological polar surface area (TPSA) is 78.9 Å². The van der Waals surface area contributed by atoms with E-state index in [2.05, 4.69) is 36.4 Å². The van der Waals surface area contributed by atoms with E-state index < -0.39 is 0 Å². The maximum atomic E-state index is 5.93. The second-order valence-electron chi connectivity index (χ2n) is 6.82. The third-order valence-corrected chi connectivity index (χ3v) is 6.64. The van der Waals surface area contributed by atoms with E-state index in [0.717, 1.165) is 27.2 Å². The summed E-state index contributed by atoms with van der Waals surface area (Å²) < 4.78 is 13.4. The molecule has 3 aromatic heterocycles. The van der Waals surface area contributed by atoms with Crippen LogP contribution in [0.15, 0.2) is 51.4 Å². The van der Waals surface area contributed by atoms with Crippen molar-refractivity contribution in [2.45, 2.75) is 36.2 Å². The lowest BCUT2D eigenvalue weighted by Crippen LogP contribution is -2.00. The van der Waals surface area contributed by atoms with Crippen LogP contribution in [0.3, 0.4) is 0 Å². The Bertz CT molecular complexity index is 1100. The summed E-state index contributed by atoms with van der Waals surface area (Å²) in [6, 6.07) is 12.2. The molecule has 0 amide bonds. The highest BCUT2D eigenvalue weighted by Gasteiger charge is 2.31. The molecule has 1 aliphatic carbocycles. The molecule has 0 aliphatic heterocycles. The van der Waals surface area contributed by atoms with Crippen LogP contribution in [0.1, 0.15) is 36.9 Å². The van der Waals surface area contributed by atoms with Gasteiger partial charge in [0.1, 0.15) is 5.75 Å². The van der Waals surface area contributed by atoms with E-state index in [9.17, 15) is 0 Å². The van der Waals surface area contributed by atoms with Crippen LogP contribution in [-0.2, 0) is 0 Å². The van der Waals surface area contributed by atoms with Gasteiger partial charge in [-0.05, 0) is 55.5 Å². The van der Waals surface area contributed by atoms with Crippen LogP contribution in [0.5, 0.6) is 5.75 Å². The van der Waals surface area contributed by atoms with E-state index in [0.29, 0.717) is 17.8 Å². The molecule has 1 fully saturated rings. The number of thioether (sulfide) groups is 1. The predicted octanol–water partition coefficient (Wildman–Crippen LogP) is 5.25. The van der Waals surface area contributed by atoms with Gasteiger partial charge in [0.2, 0.25) is 11.8 Å². The molecule has 0 bridgehead atoms. The van der Waals surface area contributed by atoms with E-state index in [1.165, 1.54) is 12.8 Å². The summed E-state index contributed by atoms with van der Waals surface area (Å²) in [6.07, 6.45) is 2.33. The smallest absolute Gasteiger partial charge is 0.247 e. The van der Waals surface area contributed by atoms with Crippen molar-refractivity contribution >= 4 is 23.1 Å². The van der Waals surface area contributed by atoms with Crippen LogP contribution in [0.2, 0.25) is 0 Å². The maximum absolute atomic E-state index is 5.93. The average molecular weight is 426 g/mol. The highest BCUT2D eigenvalue weighted by molar-refractivity contribution is 7.99. The fourth-order valence-electron chi connectivity index (χ4n) is 3.05. The first kappa shape index (κ1) is 18.4. The molecule has 3 heterocycles. The molecule has 1 saturated carbocycles. The zero-order valence-corrected chi connectivity index (χ0v) is 17.6. The number of methoxy groups -OCH3 is 1. The average Bonchev–Trinajstić information content (AvgIpc) is 3.17. The first-order valence-corrected chi connectivity index (χ1v) is 11.1. The number of ether oxygens (including phenoxy) is 1. The molecule has 0 radical (unpaired) electrons. The van der Waals surface area contributed by atoms with Crippen molar-refractivity contribution in [1.82, 2.24) is 25.0 Å². The summed E-state index contributed by atoms with van der Waals surface area (Å²) in [5.74, 6) is 2.81. The molecule has 9 heteroatoms. The Balaban J connectivity index is 1.37. The van der Waals surface area contributed by atoms with Crippen LogP contribution in [0.4, 0.5) is 0 Å². The van der Waals surface area contributed by atoms with Crippen LogP contribution in [0.25, 0.3) is 22.2 Å². The van der Waals surface area contributed by atoms with E-state index >= 15 is 0 Å². The highest BCUT2D eigenvalue weighted by Crippen LogP contribution is 2.44. The highest BCUT2D eigenvalue weighted by atomic mass is 32.2. The fourth-order valence-corrected chi connectivity index (χ4v) is 4.71. The van der Waals surface area contributed by atoms with Crippen molar-refractivity contribution in [3.63, 3.8) is 0 Å². The van der Waals surface area contributed by atoms with E-state index in [-0.39, 0.29) is 5.25 Å². The molecule has 5 rings (SSSR count). The molecule has 0 spiro atoms. The summed E-state index contributed by atoms with van der Waals surface area (Å²) in [4.78, 5) is 1.14. The van der Waals surface area contributed by atoms with Gasteiger partial charge in [-0.1, -0.05) is 17.8 Å². The molecule has 0 N–H and O–H groups in total. The molecule has 1 aliphatic rings. The zero-order chi connectivity index (χ0) is 19.8. The third-order valence-electron chi connectivity index (χ3n) is 4.73. The Hall–Kier alpha value is -2.65. The Morgan fingerprint density at radius 2 is 1.97 bits per heavy atom. The third kappa shape index (κ3) is 3.67. The first-order valence-electron chi connectivity index (χ1n) is 9.36. The molecule has 0 saturated heterocycles. The Morgan fingerprint density at radius 1 is 1.14 bits per heavy atom. The minimum Gasteiger partial charge on any atom is -0.497 e. The standard InChI is InChI=1S/C20H19N5O2S2/c1-12(18-22-23-19(27-18)13-5-9-15(26-2)10-6-13)29-20-24-21-17(16-4-3-11-28-16)25(20)14-7-8-14/h3-6,9-12,14H,7-8H2,1-2H3. The largest absolute Gasteiger partial charge is 0.497 e. The van der Waals surface area contributed by atoms with Crippen LogP contribution in [0, 0.1) is 0 Å². The van der Waals surface area contributed by atoms with E-state index in [4.69, 9.17) is 9.15 Å². The fraction of sp³-hybridized carbons (Fsp3) is 0.300. The van der Waals surface area contributed by atoms with Gasteiger partial charge in [-0.15, -0.1) is 31.7 Å². The van der Waals surface area contributed by atoms with Gasteiger partial charge in [0, 0.05) is 11.6 Å². The molecule has 148 valence electrons. The number of hydrogen-bond acceptors (Lipinski definition) is 8. The Kier molecular flexibility index (Phi) is 4.84. The summed E-state index contributed by atoms with van der Waals surface area (Å²) >= 11 is 3.29. The Labute approximate surface area is 176 Å². The van der Waals surface area contributed by atoms with Gasteiger partial charge >= 0.3 is 0 Å². The summed E-state index contributed by atoms with van der Waals surface area (Å²) in [6.45, 7) is 2.05. The van der Waals surface area contributed by atoms with Gasteiger partial charge in [-0.2, -0.15) is 0 Å². The quantitative estimate of drug-likeness (QED) is 0.374. The molecule has 1 unspecified atom stereocenters. The molecular formula is C20H19N5O2S2. The van der Waals surface area contributed by atoms with Crippen LogP contribution >= 0.6 is 23.1 Å². The normalized spacial score (nSPS) is 14.8. The lowest BCUT2D eigenvalue weighted by Gasteiger charge is -2.10. The molecule has 1 aromatic carbocycles. The lowest BCUT2D eigenvalue weighted by atomic mass is 10.2. The molecule has 1 atom stereocenters. The minimum atomic E-state index is -0.0348. The van der Waals surface area contributed by atoms with Crippen LogP contribution < -0.4 is 4.74 Å². The second-order valence-corrected chi connectivity index (χ2v) is 9.07. The number of thiophene rings is 1. The number of rotatable bonds is 7. The number of hydrogen-bond donors (Lipinski definition) is 0. The molecule has 29 heavy (non-hydrogen) atoms. The second kappa shape index (κ2) is 7.64. The monoisotopic (exact) mass is 425 g/mol. The minimum absolute atomic E-state index is 0.0348. The van der Waals surface area contributed by atoms with Gasteiger partial charge in [0.05, 0.1) is 17.2 Å². The number of benzene rings is 1. The predicted molar refractivity (Wildman–Crippen MR) is 112 cm³/mol. The van der Waals surface area contributed by atoms with Crippen molar-refractivity contribution in [3.8, 4) is 27.9 Å². The SMILES string of the molecule is COc1ccc(-c2nnc(C(C)Sc3nnc(-c4cccs4)n3C3CC3)o2)cc1. The van der Waals surface area contributed by atoms with Gasteiger partial charge in [0.15, 0.2) is 11.0 Å². The van der Waals surface area contributed by atoms with Crippen molar-refractivity contribution in [1.29, 1.82) is 0 Å². The first-order chi connectivity index (χ1) is 14.2. The molecular weight excluding hydrogens is 406 g/mol. The summed E-state index contributed by atoms with van der Waals surface area (Å²) in [7, 11) is 1.64. The van der Waals surface area contributed by atoms with Gasteiger partial charge in [-0.25, -0.2) is 0 Å². The zero-order valence-electron chi connectivity index (χ0n) is 16.0.